The minimum atomic E-state index is -0.0589. The van der Waals surface area contributed by atoms with E-state index in [9.17, 15) is 5.11 Å². The molecular formula is C11H17N3O. The fraction of sp³-hybridized carbons (Fsp3) is 0.636. The van der Waals surface area contributed by atoms with Crippen molar-refractivity contribution in [2.45, 2.75) is 25.5 Å². The zero-order chi connectivity index (χ0) is 10.7. The van der Waals surface area contributed by atoms with Crippen molar-refractivity contribution in [2.24, 2.45) is 5.92 Å². The van der Waals surface area contributed by atoms with Crippen LogP contribution >= 0.6 is 0 Å². The van der Waals surface area contributed by atoms with E-state index in [1.807, 2.05) is 6.07 Å². The Morgan fingerprint density at radius 2 is 2.07 bits per heavy atom. The van der Waals surface area contributed by atoms with E-state index in [1.165, 1.54) is 0 Å². The standard InChI is InChI=1S/C11H17N3O/c1-14(7-9-5-10(15)6-9)8-11-12-3-2-4-13-11/h2-4,9-10,15H,5-8H2,1H3. The van der Waals surface area contributed by atoms with Gasteiger partial charge in [0.25, 0.3) is 0 Å². The number of hydrogen-bond acceptors (Lipinski definition) is 4. The molecule has 1 aromatic rings. The summed E-state index contributed by atoms with van der Waals surface area (Å²) in [5.74, 6) is 1.51. The summed E-state index contributed by atoms with van der Waals surface area (Å²) in [7, 11) is 2.07. The summed E-state index contributed by atoms with van der Waals surface area (Å²) in [5, 5.41) is 9.18. The van der Waals surface area contributed by atoms with Crippen LogP contribution in [0.25, 0.3) is 0 Å². The van der Waals surface area contributed by atoms with E-state index >= 15 is 0 Å². The fourth-order valence-electron chi connectivity index (χ4n) is 2.01. The largest absolute Gasteiger partial charge is 0.393 e. The molecule has 1 heterocycles. The molecule has 1 N–H and O–H groups in total. The Kier molecular flexibility index (Phi) is 3.28. The van der Waals surface area contributed by atoms with Crippen molar-refractivity contribution >= 4 is 0 Å². The minimum absolute atomic E-state index is 0.0589. The molecule has 0 amide bonds. The van der Waals surface area contributed by atoms with E-state index < -0.39 is 0 Å². The van der Waals surface area contributed by atoms with Gasteiger partial charge in [0, 0.05) is 18.9 Å². The third-order valence-electron chi connectivity index (χ3n) is 2.81. The number of aliphatic hydroxyl groups excluding tert-OH is 1. The Balaban J connectivity index is 1.75. The second-order valence-corrected chi connectivity index (χ2v) is 4.35. The third kappa shape index (κ3) is 2.97. The predicted octanol–water partition coefficient (Wildman–Crippen LogP) is 0.679. The molecule has 1 fully saturated rings. The summed E-state index contributed by atoms with van der Waals surface area (Å²) >= 11 is 0. The quantitative estimate of drug-likeness (QED) is 0.788. The highest BCUT2D eigenvalue weighted by molar-refractivity contribution is 4.89. The summed E-state index contributed by atoms with van der Waals surface area (Å²) in [6, 6.07) is 1.83. The Morgan fingerprint density at radius 3 is 2.67 bits per heavy atom. The van der Waals surface area contributed by atoms with Crippen molar-refractivity contribution in [3.63, 3.8) is 0 Å². The van der Waals surface area contributed by atoms with Crippen molar-refractivity contribution in [1.82, 2.24) is 14.9 Å². The number of aromatic nitrogens is 2. The first-order valence-corrected chi connectivity index (χ1v) is 5.36. The first-order chi connectivity index (χ1) is 7.24. The first kappa shape index (κ1) is 10.5. The molecule has 0 saturated heterocycles. The number of rotatable bonds is 4. The highest BCUT2D eigenvalue weighted by Crippen LogP contribution is 2.27. The van der Waals surface area contributed by atoms with E-state index in [2.05, 4.69) is 21.9 Å². The fourth-order valence-corrected chi connectivity index (χ4v) is 2.01. The monoisotopic (exact) mass is 207 g/mol. The molecule has 1 saturated carbocycles. The van der Waals surface area contributed by atoms with E-state index in [4.69, 9.17) is 0 Å². The van der Waals surface area contributed by atoms with Gasteiger partial charge in [0.05, 0.1) is 12.6 Å². The average Bonchev–Trinajstić information content (AvgIpc) is 2.17. The van der Waals surface area contributed by atoms with E-state index in [0.29, 0.717) is 5.92 Å². The Hall–Kier alpha value is -1.00. The topological polar surface area (TPSA) is 49.2 Å². The Morgan fingerprint density at radius 1 is 1.40 bits per heavy atom. The van der Waals surface area contributed by atoms with E-state index in [0.717, 1.165) is 31.8 Å². The van der Waals surface area contributed by atoms with Gasteiger partial charge < -0.3 is 5.11 Å². The maximum absolute atomic E-state index is 9.18. The van der Waals surface area contributed by atoms with Crippen LogP contribution in [0.4, 0.5) is 0 Å². The van der Waals surface area contributed by atoms with Crippen molar-refractivity contribution in [3.05, 3.63) is 24.3 Å². The highest BCUT2D eigenvalue weighted by Gasteiger charge is 2.27. The van der Waals surface area contributed by atoms with Crippen LogP contribution in [-0.2, 0) is 6.54 Å². The molecule has 15 heavy (non-hydrogen) atoms. The third-order valence-corrected chi connectivity index (χ3v) is 2.81. The van der Waals surface area contributed by atoms with Gasteiger partial charge in [-0.2, -0.15) is 0 Å². The van der Waals surface area contributed by atoms with Gasteiger partial charge in [0.15, 0.2) is 0 Å². The molecule has 0 aliphatic heterocycles. The highest BCUT2D eigenvalue weighted by atomic mass is 16.3. The lowest BCUT2D eigenvalue weighted by molar-refractivity contribution is 0.0271. The molecule has 0 bridgehead atoms. The first-order valence-electron chi connectivity index (χ1n) is 5.36. The lowest BCUT2D eigenvalue weighted by atomic mass is 9.82. The van der Waals surface area contributed by atoms with Gasteiger partial charge in [-0.3, -0.25) is 4.90 Å². The molecule has 0 spiro atoms. The van der Waals surface area contributed by atoms with Crippen LogP contribution in [0.15, 0.2) is 18.5 Å². The van der Waals surface area contributed by atoms with Crippen LogP contribution in [0.3, 0.4) is 0 Å². The number of nitrogens with zero attached hydrogens (tertiary/aromatic N) is 3. The summed E-state index contributed by atoms with van der Waals surface area (Å²) < 4.78 is 0. The molecule has 0 unspecified atom stereocenters. The predicted molar refractivity (Wildman–Crippen MR) is 57.1 cm³/mol. The van der Waals surface area contributed by atoms with Gasteiger partial charge in [-0.25, -0.2) is 9.97 Å². The maximum atomic E-state index is 9.18. The second kappa shape index (κ2) is 4.68. The molecule has 4 heteroatoms. The zero-order valence-corrected chi connectivity index (χ0v) is 9.00. The minimum Gasteiger partial charge on any atom is -0.393 e. The molecule has 0 radical (unpaired) electrons. The maximum Gasteiger partial charge on any atom is 0.142 e. The van der Waals surface area contributed by atoms with Gasteiger partial charge in [0.1, 0.15) is 5.82 Å². The van der Waals surface area contributed by atoms with Crippen LogP contribution in [0.1, 0.15) is 18.7 Å². The van der Waals surface area contributed by atoms with Crippen LogP contribution in [0.2, 0.25) is 0 Å². The van der Waals surface area contributed by atoms with Crippen molar-refractivity contribution < 1.29 is 5.11 Å². The van der Waals surface area contributed by atoms with E-state index in [1.54, 1.807) is 12.4 Å². The van der Waals surface area contributed by atoms with Crippen LogP contribution in [0, 0.1) is 5.92 Å². The van der Waals surface area contributed by atoms with Crippen molar-refractivity contribution in [3.8, 4) is 0 Å². The number of hydrogen-bond donors (Lipinski definition) is 1. The van der Waals surface area contributed by atoms with Gasteiger partial charge >= 0.3 is 0 Å². The molecule has 0 aromatic carbocycles. The Labute approximate surface area is 90.0 Å². The van der Waals surface area contributed by atoms with Crippen LogP contribution < -0.4 is 0 Å². The Bertz CT molecular complexity index is 298. The van der Waals surface area contributed by atoms with Crippen molar-refractivity contribution in [1.29, 1.82) is 0 Å². The average molecular weight is 207 g/mol. The lowest BCUT2D eigenvalue weighted by Gasteiger charge is -2.34. The SMILES string of the molecule is CN(Cc1ncccn1)CC1CC(O)C1. The lowest BCUT2D eigenvalue weighted by Crippen LogP contribution is -2.37. The molecule has 1 aliphatic carbocycles. The molecule has 2 rings (SSSR count). The van der Waals surface area contributed by atoms with E-state index in [-0.39, 0.29) is 6.10 Å². The van der Waals surface area contributed by atoms with Crippen LogP contribution in [-0.4, -0.2) is 39.7 Å². The molecule has 4 nitrogen and oxygen atoms in total. The molecule has 1 aliphatic rings. The summed E-state index contributed by atoms with van der Waals surface area (Å²) in [6.45, 7) is 1.81. The molecule has 1 aromatic heterocycles. The van der Waals surface area contributed by atoms with Gasteiger partial charge in [-0.15, -0.1) is 0 Å². The summed E-state index contributed by atoms with van der Waals surface area (Å²) in [5.41, 5.74) is 0. The normalized spacial score (nSPS) is 25.3. The molecule has 82 valence electrons. The smallest absolute Gasteiger partial charge is 0.142 e. The molecular weight excluding hydrogens is 190 g/mol. The summed E-state index contributed by atoms with van der Waals surface area (Å²) in [6.07, 6.45) is 5.36. The zero-order valence-electron chi connectivity index (χ0n) is 9.00. The van der Waals surface area contributed by atoms with Gasteiger partial charge in [-0.1, -0.05) is 0 Å². The molecule has 0 atom stereocenters. The number of aliphatic hydroxyl groups is 1. The van der Waals surface area contributed by atoms with Gasteiger partial charge in [0.2, 0.25) is 0 Å². The second-order valence-electron chi connectivity index (χ2n) is 4.35. The summed E-state index contributed by atoms with van der Waals surface area (Å²) in [4.78, 5) is 10.6. The van der Waals surface area contributed by atoms with Crippen LogP contribution in [0.5, 0.6) is 0 Å². The van der Waals surface area contributed by atoms with Gasteiger partial charge in [-0.05, 0) is 31.9 Å². The van der Waals surface area contributed by atoms with Crippen molar-refractivity contribution in [2.75, 3.05) is 13.6 Å².